The maximum Gasteiger partial charge on any atom is 0.342 e. The normalized spacial score (nSPS) is 21.7. The van der Waals surface area contributed by atoms with Crippen molar-refractivity contribution in [2.45, 2.75) is 31.7 Å². The molecule has 2 aliphatic rings. The van der Waals surface area contributed by atoms with Crippen molar-refractivity contribution in [3.8, 4) is 0 Å². The van der Waals surface area contributed by atoms with Crippen molar-refractivity contribution >= 4 is 52.2 Å². The summed E-state index contributed by atoms with van der Waals surface area (Å²) in [6.07, 6.45) is 4.01. The Balaban J connectivity index is 1.47. The molecule has 4 nitrogen and oxygen atoms in total. The highest BCUT2D eigenvalue weighted by atomic mass is 35.5. The van der Waals surface area contributed by atoms with Crippen molar-refractivity contribution in [1.29, 1.82) is 0 Å². The minimum Gasteiger partial charge on any atom is -0.306 e. The molecule has 3 aromatic carbocycles. The molecule has 2 amide bonds. The van der Waals surface area contributed by atoms with E-state index in [9.17, 15) is 4.79 Å². The lowest BCUT2D eigenvalue weighted by Crippen LogP contribution is -2.35. The fourth-order valence-corrected chi connectivity index (χ4v) is 5.52. The fraction of sp³-hybridized carbons (Fsp3) is 0.259. The average molecular weight is 513 g/mol. The van der Waals surface area contributed by atoms with Gasteiger partial charge in [0.1, 0.15) is 0 Å². The van der Waals surface area contributed by atoms with Crippen molar-refractivity contribution < 1.29 is 4.79 Å². The van der Waals surface area contributed by atoms with Crippen LogP contribution in [0.15, 0.2) is 77.9 Å². The van der Waals surface area contributed by atoms with Gasteiger partial charge in [0.05, 0.1) is 6.04 Å². The summed E-state index contributed by atoms with van der Waals surface area (Å²) in [6, 6.07) is 22.4. The van der Waals surface area contributed by atoms with Crippen molar-refractivity contribution in [2.24, 2.45) is 16.9 Å². The minimum atomic E-state index is -0.269. The van der Waals surface area contributed by atoms with Crippen LogP contribution < -0.4 is 5.32 Å². The second-order valence-electron chi connectivity index (χ2n) is 8.87. The van der Waals surface area contributed by atoms with Crippen LogP contribution in [0.25, 0.3) is 0 Å². The maximum atomic E-state index is 13.4. The molecule has 5 rings (SSSR count). The van der Waals surface area contributed by atoms with Crippen molar-refractivity contribution in [2.75, 3.05) is 5.32 Å². The van der Waals surface area contributed by atoms with Gasteiger partial charge in [-0.25, -0.2) is 9.80 Å². The molecular formula is C27H24Cl3N3O. The monoisotopic (exact) mass is 511 g/mol. The predicted molar refractivity (Wildman–Crippen MR) is 140 cm³/mol. The first-order valence-corrected chi connectivity index (χ1v) is 12.6. The standard InChI is InChI=1S/C27H24Cl3N3O/c28-20-11-7-17(8-12-20)15-19-3-1-6-24-25(19)32-33(26(24)18-9-13-21(29)14-10-18)27(34)31-23-5-2-4-22(30)16-23/h2,4-5,7-14,16,19,24,26H,1,3,6,15H2,(H,31,34)/t19-,24+,26+/m0/s1. The van der Waals surface area contributed by atoms with Crippen molar-refractivity contribution in [1.82, 2.24) is 5.01 Å². The van der Waals surface area contributed by atoms with E-state index >= 15 is 0 Å². The molecule has 34 heavy (non-hydrogen) atoms. The van der Waals surface area contributed by atoms with Gasteiger partial charge in [0.25, 0.3) is 0 Å². The quantitative estimate of drug-likeness (QED) is 0.376. The van der Waals surface area contributed by atoms with Gasteiger partial charge >= 0.3 is 6.03 Å². The van der Waals surface area contributed by atoms with Crippen LogP contribution in [0.3, 0.4) is 0 Å². The molecule has 0 saturated heterocycles. The Bertz CT molecular complexity index is 1210. The van der Waals surface area contributed by atoms with Gasteiger partial charge < -0.3 is 5.32 Å². The van der Waals surface area contributed by atoms with E-state index in [1.54, 1.807) is 17.1 Å². The maximum absolute atomic E-state index is 13.4. The molecule has 1 N–H and O–H groups in total. The van der Waals surface area contributed by atoms with Crippen LogP contribution in [0.2, 0.25) is 15.1 Å². The summed E-state index contributed by atoms with van der Waals surface area (Å²) >= 11 is 18.4. The first-order valence-electron chi connectivity index (χ1n) is 11.4. The summed E-state index contributed by atoms with van der Waals surface area (Å²) in [5.74, 6) is 0.441. The molecule has 0 aromatic heterocycles. The first-order chi connectivity index (χ1) is 16.5. The highest BCUT2D eigenvalue weighted by molar-refractivity contribution is 6.31. The molecule has 1 heterocycles. The summed E-state index contributed by atoms with van der Waals surface area (Å²) in [6.45, 7) is 0. The Morgan fingerprint density at radius 1 is 0.912 bits per heavy atom. The summed E-state index contributed by atoms with van der Waals surface area (Å²) < 4.78 is 0. The number of nitrogens with one attached hydrogen (secondary N) is 1. The average Bonchev–Trinajstić information content (AvgIpc) is 3.22. The SMILES string of the molecule is O=C(Nc1cccc(Cl)c1)N1N=C2[C@H](Cc3ccc(Cl)cc3)CCC[C@H]2[C@H]1c1ccc(Cl)cc1. The number of rotatable bonds is 4. The Morgan fingerprint density at radius 3 is 2.32 bits per heavy atom. The van der Waals surface area contributed by atoms with Gasteiger partial charge in [-0.1, -0.05) is 71.6 Å². The molecule has 3 aromatic rings. The lowest BCUT2D eigenvalue weighted by atomic mass is 9.73. The number of halogens is 3. The Labute approximate surface area is 214 Å². The number of benzene rings is 3. The summed E-state index contributed by atoms with van der Waals surface area (Å²) in [5, 5.41) is 11.5. The van der Waals surface area contributed by atoms with E-state index < -0.39 is 0 Å². The molecular weight excluding hydrogens is 489 g/mol. The number of carbonyl (C=O) groups is 1. The van der Waals surface area contributed by atoms with Gasteiger partial charge in [0, 0.05) is 38.3 Å². The third-order valence-electron chi connectivity index (χ3n) is 6.62. The van der Waals surface area contributed by atoms with E-state index in [0.717, 1.165) is 42.0 Å². The van der Waals surface area contributed by atoms with Gasteiger partial charge in [-0.2, -0.15) is 5.10 Å². The zero-order chi connectivity index (χ0) is 23.7. The molecule has 0 unspecified atom stereocenters. The van der Waals surface area contributed by atoms with Crippen LogP contribution in [0.1, 0.15) is 36.4 Å². The number of fused-ring (bicyclic) bond motifs is 1. The molecule has 1 saturated carbocycles. The largest absolute Gasteiger partial charge is 0.342 e. The molecule has 1 fully saturated rings. The Hall–Kier alpha value is -2.53. The van der Waals surface area contributed by atoms with E-state index in [1.807, 2.05) is 48.5 Å². The lowest BCUT2D eigenvalue weighted by Gasteiger charge is -2.32. The van der Waals surface area contributed by atoms with E-state index in [2.05, 4.69) is 17.4 Å². The zero-order valence-electron chi connectivity index (χ0n) is 18.4. The molecule has 174 valence electrons. The molecule has 3 atom stereocenters. The zero-order valence-corrected chi connectivity index (χ0v) is 20.7. The smallest absolute Gasteiger partial charge is 0.306 e. The fourth-order valence-electron chi connectivity index (χ4n) is 5.08. The number of urea groups is 1. The van der Waals surface area contributed by atoms with Crippen molar-refractivity contribution in [3.05, 3.63) is 99.0 Å². The van der Waals surface area contributed by atoms with Gasteiger partial charge in [-0.15, -0.1) is 0 Å². The van der Waals surface area contributed by atoms with Gasteiger partial charge in [0.2, 0.25) is 0 Å². The number of anilines is 1. The molecule has 0 radical (unpaired) electrons. The second-order valence-corrected chi connectivity index (χ2v) is 10.2. The van der Waals surface area contributed by atoms with E-state index in [1.165, 1.54) is 5.56 Å². The third-order valence-corrected chi connectivity index (χ3v) is 7.36. The number of hydrogen-bond acceptors (Lipinski definition) is 2. The van der Waals surface area contributed by atoms with E-state index in [0.29, 0.717) is 15.7 Å². The van der Waals surface area contributed by atoms with Crippen LogP contribution in [-0.4, -0.2) is 16.8 Å². The topological polar surface area (TPSA) is 44.7 Å². The number of carbonyl (C=O) groups excluding carboxylic acids is 1. The van der Waals surface area contributed by atoms with Gasteiger partial charge in [-0.3, -0.25) is 0 Å². The van der Waals surface area contributed by atoms with Crippen LogP contribution in [0, 0.1) is 11.8 Å². The number of hydrogen-bond donors (Lipinski definition) is 1. The first kappa shape index (κ1) is 23.2. The molecule has 1 aliphatic heterocycles. The Kier molecular flexibility index (Phi) is 6.82. The number of amides is 2. The molecule has 0 spiro atoms. The van der Waals surface area contributed by atoms with E-state index in [4.69, 9.17) is 39.9 Å². The summed E-state index contributed by atoms with van der Waals surface area (Å²) in [5.41, 5.74) is 3.99. The minimum absolute atomic E-state index is 0.164. The predicted octanol–water partition coefficient (Wildman–Crippen LogP) is 8.25. The van der Waals surface area contributed by atoms with Crippen LogP contribution in [0.4, 0.5) is 10.5 Å². The Morgan fingerprint density at radius 2 is 1.62 bits per heavy atom. The third kappa shape index (κ3) is 4.95. The van der Waals surface area contributed by atoms with Crippen molar-refractivity contribution in [3.63, 3.8) is 0 Å². The number of hydrazone groups is 1. The lowest BCUT2D eigenvalue weighted by molar-refractivity contribution is 0.187. The highest BCUT2D eigenvalue weighted by Gasteiger charge is 2.45. The summed E-state index contributed by atoms with van der Waals surface area (Å²) in [4.78, 5) is 13.4. The molecule has 0 bridgehead atoms. The molecule has 1 aliphatic carbocycles. The van der Waals surface area contributed by atoms with Gasteiger partial charge in [0.15, 0.2) is 0 Å². The second kappa shape index (κ2) is 9.99. The summed E-state index contributed by atoms with van der Waals surface area (Å²) in [7, 11) is 0. The van der Waals surface area contributed by atoms with Crippen LogP contribution in [-0.2, 0) is 6.42 Å². The number of nitrogens with zero attached hydrogens (tertiary/aromatic N) is 2. The molecule has 7 heteroatoms. The van der Waals surface area contributed by atoms with Crippen LogP contribution >= 0.6 is 34.8 Å². The highest BCUT2D eigenvalue weighted by Crippen LogP contribution is 2.45. The van der Waals surface area contributed by atoms with Gasteiger partial charge in [-0.05, 0) is 72.9 Å². The van der Waals surface area contributed by atoms with Crippen LogP contribution in [0.5, 0.6) is 0 Å². The van der Waals surface area contributed by atoms with E-state index in [-0.39, 0.29) is 23.9 Å².